The Morgan fingerprint density at radius 2 is 2.00 bits per heavy atom. The minimum Gasteiger partial charge on any atom is -0.500 e. The second-order valence-electron chi connectivity index (χ2n) is 5.45. The molecule has 0 saturated carbocycles. The van der Waals surface area contributed by atoms with E-state index in [2.05, 4.69) is 28.5 Å². The molecule has 0 aromatic heterocycles. The minimum absolute atomic E-state index is 0.254. The maximum atomic E-state index is 8.69. The molecule has 0 saturated heterocycles. The molecule has 0 radical (unpaired) electrons. The van der Waals surface area contributed by atoms with E-state index < -0.39 is 0 Å². The van der Waals surface area contributed by atoms with Crippen LogP contribution in [-0.4, -0.2) is 57.2 Å². The molecule has 138 valence electrons. The summed E-state index contributed by atoms with van der Waals surface area (Å²) < 4.78 is 5.12. The number of methoxy groups -OCH3 is 1. The van der Waals surface area contributed by atoms with Gasteiger partial charge >= 0.3 is 0 Å². The lowest BCUT2D eigenvalue weighted by molar-refractivity contribution is 0.284. The molecule has 0 unspecified atom stereocenters. The Kier molecular flexibility index (Phi) is 15.1. The molecule has 0 amide bonds. The normalized spacial score (nSPS) is 11.2. The van der Waals surface area contributed by atoms with E-state index in [4.69, 9.17) is 21.1 Å². The quantitative estimate of drug-likeness (QED) is 0.118. The number of ether oxygens (including phenoxy) is 1. The Hall–Kier alpha value is -1.62. The molecule has 24 heavy (non-hydrogen) atoms. The summed E-state index contributed by atoms with van der Waals surface area (Å²) in [6, 6.07) is 2.06. The topological polar surface area (TPSA) is 110 Å². The number of unbranched alkanes of at least 4 members (excludes halogenated alkanes) is 2. The zero-order valence-corrected chi connectivity index (χ0v) is 15.2. The number of nitrogens with two attached hydrogens (primary N) is 1. The first-order valence-corrected chi connectivity index (χ1v) is 8.73. The average Bonchev–Trinajstić information content (AvgIpc) is 2.60. The van der Waals surface area contributed by atoms with Gasteiger partial charge in [0.05, 0.1) is 25.4 Å². The SMILES string of the molecule is CCN(CCCCCNCCNCN)C(=N)C/C=C(\CC#N)OC. The maximum absolute atomic E-state index is 8.69. The van der Waals surface area contributed by atoms with E-state index >= 15 is 0 Å². The van der Waals surface area contributed by atoms with Crippen LogP contribution in [0.3, 0.4) is 0 Å². The lowest BCUT2D eigenvalue weighted by Crippen LogP contribution is -2.32. The van der Waals surface area contributed by atoms with Crippen LogP contribution in [0, 0.1) is 16.7 Å². The number of rotatable bonds is 15. The molecule has 0 aromatic carbocycles. The van der Waals surface area contributed by atoms with Crippen molar-refractivity contribution in [2.45, 2.75) is 39.0 Å². The van der Waals surface area contributed by atoms with Gasteiger partial charge in [-0.1, -0.05) is 6.42 Å². The van der Waals surface area contributed by atoms with E-state index in [1.165, 1.54) is 0 Å². The number of hydrogen-bond donors (Lipinski definition) is 4. The van der Waals surface area contributed by atoms with Crippen molar-refractivity contribution in [1.29, 1.82) is 10.7 Å². The van der Waals surface area contributed by atoms with Crippen molar-refractivity contribution in [3.63, 3.8) is 0 Å². The van der Waals surface area contributed by atoms with Crippen LogP contribution in [0.1, 0.15) is 39.0 Å². The van der Waals surface area contributed by atoms with Gasteiger partial charge in [0.25, 0.3) is 0 Å². The van der Waals surface area contributed by atoms with Gasteiger partial charge in [0.1, 0.15) is 5.76 Å². The summed E-state index contributed by atoms with van der Waals surface area (Å²) in [5.41, 5.74) is 5.35. The van der Waals surface area contributed by atoms with Gasteiger partial charge in [-0.3, -0.25) is 5.41 Å². The average molecular weight is 339 g/mol. The Balaban J connectivity index is 3.85. The molecule has 0 atom stereocenters. The van der Waals surface area contributed by atoms with Crippen molar-refractivity contribution < 1.29 is 4.74 Å². The van der Waals surface area contributed by atoms with Crippen molar-refractivity contribution in [3.8, 4) is 6.07 Å². The number of nitriles is 1. The first-order chi connectivity index (χ1) is 11.7. The van der Waals surface area contributed by atoms with E-state index in [0.29, 0.717) is 24.7 Å². The molecule has 7 nitrogen and oxygen atoms in total. The Labute approximate surface area is 146 Å². The van der Waals surface area contributed by atoms with Crippen molar-refractivity contribution in [2.75, 3.05) is 46.5 Å². The first-order valence-electron chi connectivity index (χ1n) is 8.73. The highest BCUT2D eigenvalue weighted by Crippen LogP contribution is 2.06. The van der Waals surface area contributed by atoms with Crippen LogP contribution in [0.15, 0.2) is 11.8 Å². The third-order valence-electron chi connectivity index (χ3n) is 3.71. The number of amidine groups is 1. The fourth-order valence-corrected chi connectivity index (χ4v) is 2.26. The van der Waals surface area contributed by atoms with Gasteiger partial charge in [-0.25, -0.2) is 0 Å². The monoisotopic (exact) mass is 338 g/mol. The minimum atomic E-state index is 0.254. The molecular formula is C17H34N6O. The number of nitrogens with one attached hydrogen (secondary N) is 3. The fraction of sp³-hybridized carbons (Fsp3) is 0.765. The zero-order valence-electron chi connectivity index (χ0n) is 15.2. The summed E-state index contributed by atoms with van der Waals surface area (Å²) in [7, 11) is 1.56. The van der Waals surface area contributed by atoms with E-state index in [0.717, 1.165) is 52.0 Å². The van der Waals surface area contributed by atoms with Crippen LogP contribution in [-0.2, 0) is 4.74 Å². The van der Waals surface area contributed by atoms with Crippen molar-refractivity contribution in [2.24, 2.45) is 5.73 Å². The van der Waals surface area contributed by atoms with Gasteiger partial charge in [-0.2, -0.15) is 5.26 Å². The second-order valence-corrected chi connectivity index (χ2v) is 5.45. The standard InChI is InChI=1S/C17H34N6O/c1-3-23(17(20)8-7-16(24-2)9-10-18)14-6-4-5-11-21-12-13-22-15-19/h7,20-22H,3-6,8-9,11-15,19H2,1-2H3/b16-7+,20-17?. The largest absolute Gasteiger partial charge is 0.500 e. The summed E-state index contributed by atoms with van der Waals surface area (Å²) in [4.78, 5) is 2.08. The highest BCUT2D eigenvalue weighted by atomic mass is 16.5. The molecule has 0 spiro atoms. The lowest BCUT2D eigenvalue weighted by atomic mass is 10.2. The molecule has 0 aliphatic carbocycles. The van der Waals surface area contributed by atoms with Gasteiger partial charge in [-0.05, 0) is 32.4 Å². The van der Waals surface area contributed by atoms with E-state index in [1.807, 2.05) is 6.08 Å². The van der Waals surface area contributed by atoms with Gasteiger partial charge < -0.3 is 26.0 Å². The maximum Gasteiger partial charge on any atom is 0.106 e. The third-order valence-corrected chi connectivity index (χ3v) is 3.71. The van der Waals surface area contributed by atoms with E-state index in [9.17, 15) is 0 Å². The predicted molar refractivity (Wildman–Crippen MR) is 98.7 cm³/mol. The smallest absolute Gasteiger partial charge is 0.106 e. The molecule has 0 fully saturated rings. The van der Waals surface area contributed by atoms with Crippen LogP contribution < -0.4 is 16.4 Å². The van der Waals surface area contributed by atoms with Crippen LogP contribution >= 0.6 is 0 Å². The van der Waals surface area contributed by atoms with Crippen molar-refractivity contribution in [1.82, 2.24) is 15.5 Å². The van der Waals surface area contributed by atoms with Gasteiger partial charge in [0, 0.05) is 39.3 Å². The molecule has 0 aliphatic heterocycles. The molecule has 0 heterocycles. The van der Waals surface area contributed by atoms with Crippen LogP contribution in [0.2, 0.25) is 0 Å². The first kappa shape index (κ1) is 22.4. The molecular weight excluding hydrogens is 304 g/mol. The Morgan fingerprint density at radius 1 is 1.25 bits per heavy atom. The number of nitrogens with zero attached hydrogens (tertiary/aromatic N) is 2. The number of hydrogen-bond acceptors (Lipinski definition) is 6. The Bertz CT molecular complexity index is 391. The van der Waals surface area contributed by atoms with Gasteiger partial charge in [-0.15, -0.1) is 0 Å². The van der Waals surface area contributed by atoms with Crippen molar-refractivity contribution >= 4 is 5.84 Å². The second kappa shape index (κ2) is 16.2. The number of allylic oxidation sites excluding steroid dienone is 1. The highest BCUT2D eigenvalue weighted by molar-refractivity contribution is 5.80. The molecule has 0 bridgehead atoms. The molecule has 0 aromatic rings. The van der Waals surface area contributed by atoms with Crippen LogP contribution in [0.25, 0.3) is 0 Å². The molecule has 7 heteroatoms. The highest BCUT2D eigenvalue weighted by Gasteiger charge is 2.07. The van der Waals surface area contributed by atoms with Gasteiger partial charge in [0.2, 0.25) is 0 Å². The van der Waals surface area contributed by atoms with Crippen molar-refractivity contribution in [3.05, 3.63) is 11.8 Å². The lowest BCUT2D eigenvalue weighted by Gasteiger charge is -2.23. The van der Waals surface area contributed by atoms with Crippen LogP contribution in [0.5, 0.6) is 0 Å². The fourth-order valence-electron chi connectivity index (χ4n) is 2.26. The zero-order chi connectivity index (χ0) is 18.0. The summed E-state index contributed by atoms with van der Waals surface area (Å²) >= 11 is 0. The Morgan fingerprint density at radius 3 is 2.62 bits per heavy atom. The van der Waals surface area contributed by atoms with Crippen LogP contribution in [0.4, 0.5) is 0 Å². The molecule has 5 N–H and O–H groups in total. The summed E-state index contributed by atoms with van der Waals surface area (Å²) in [6.45, 7) is 7.19. The summed E-state index contributed by atoms with van der Waals surface area (Å²) in [6.07, 6.45) is 5.96. The predicted octanol–water partition coefficient (Wildman–Crippen LogP) is 1.39. The summed E-state index contributed by atoms with van der Waals surface area (Å²) in [5, 5.41) is 23.3. The molecule has 0 aliphatic rings. The third kappa shape index (κ3) is 11.9. The molecule has 0 rings (SSSR count). The van der Waals surface area contributed by atoms with E-state index in [-0.39, 0.29) is 6.42 Å². The summed E-state index contributed by atoms with van der Waals surface area (Å²) in [5.74, 6) is 1.21. The van der Waals surface area contributed by atoms with Gasteiger partial charge in [0.15, 0.2) is 0 Å². The van der Waals surface area contributed by atoms with E-state index in [1.54, 1.807) is 7.11 Å².